The van der Waals surface area contributed by atoms with Crippen LogP contribution in [0.4, 0.5) is 4.79 Å². The quantitative estimate of drug-likeness (QED) is 0.530. The van der Waals surface area contributed by atoms with E-state index in [0.717, 1.165) is 29.4 Å². The summed E-state index contributed by atoms with van der Waals surface area (Å²) in [6.45, 7) is 3.43. The molecule has 1 saturated heterocycles. The molecule has 1 aliphatic heterocycles. The van der Waals surface area contributed by atoms with E-state index < -0.39 is 23.4 Å². The van der Waals surface area contributed by atoms with Crippen LogP contribution in [0.15, 0.2) is 35.5 Å². The maximum Gasteiger partial charge on any atom is 0.344 e. The number of nitrogens with zero attached hydrogens (tertiary/aromatic N) is 4. The summed E-state index contributed by atoms with van der Waals surface area (Å²) in [5.41, 5.74) is 2.31. The summed E-state index contributed by atoms with van der Waals surface area (Å²) in [6.07, 6.45) is 2.60. The lowest BCUT2D eigenvalue weighted by atomic mass is 10.00. The van der Waals surface area contributed by atoms with Gasteiger partial charge in [0.2, 0.25) is 11.1 Å². The van der Waals surface area contributed by atoms with Crippen LogP contribution in [-0.4, -0.2) is 48.9 Å². The normalized spacial score (nSPS) is 21.4. The number of thioether (sulfide) groups is 1. The fourth-order valence-corrected chi connectivity index (χ4v) is 3.67. The number of imide groups is 1. The van der Waals surface area contributed by atoms with Crippen molar-refractivity contribution in [2.75, 3.05) is 5.75 Å². The number of rotatable bonds is 7. The van der Waals surface area contributed by atoms with Crippen LogP contribution >= 0.6 is 11.8 Å². The van der Waals surface area contributed by atoms with E-state index >= 15 is 0 Å². The Bertz CT molecular complexity index is 958. The van der Waals surface area contributed by atoms with Crippen molar-refractivity contribution in [3.63, 3.8) is 0 Å². The predicted octanol–water partition coefficient (Wildman–Crippen LogP) is 1.99. The highest BCUT2D eigenvalue weighted by molar-refractivity contribution is 7.99. The Kier molecular flexibility index (Phi) is 5.03. The third-order valence-electron chi connectivity index (χ3n) is 5.09. The standard InChI is InChI=1S/C19H22N6O3S/c1-3-19(2)16(27)25(18(28)21-19)22-14(26)11-29-17-20-15(12-9-10-12)24(23-17)13-7-5-4-6-8-13/h4-8,12H,3,9-11H2,1-2H3,(H,21,28)(H,22,26)/t19-/m1/s1. The Labute approximate surface area is 172 Å². The zero-order chi connectivity index (χ0) is 20.6. The van der Waals surface area contributed by atoms with Crippen molar-refractivity contribution < 1.29 is 14.4 Å². The van der Waals surface area contributed by atoms with Crippen molar-refractivity contribution in [2.45, 2.75) is 49.7 Å². The summed E-state index contributed by atoms with van der Waals surface area (Å²) < 4.78 is 1.82. The Hall–Kier alpha value is -2.88. The average molecular weight is 414 g/mol. The highest BCUT2D eigenvalue weighted by Gasteiger charge is 2.47. The molecule has 0 spiro atoms. The molecule has 1 aromatic carbocycles. The van der Waals surface area contributed by atoms with Crippen LogP contribution in [-0.2, 0) is 9.59 Å². The van der Waals surface area contributed by atoms with Gasteiger partial charge in [0.1, 0.15) is 11.4 Å². The van der Waals surface area contributed by atoms with Gasteiger partial charge in [0.15, 0.2) is 0 Å². The monoisotopic (exact) mass is 414 g/mol. The van der Waals surface area contributed by atoms with Gasteiger partial charge < -0.3 is 5.32 Å². The maximum absolute atomic E-state index is 12.4. The number of benzene rings is 1. The topological polar surface area (TPSA) is 109 Å². The number of carbonyl (C=O) groups is 3. The van der Waals surface area contributed by atoms with Crippen molar-refractivity contribution >= 4 is 29.6 Å². The van der Waals surface area contributed by atoms with E-state index in [4.69, 9.17) is 0 Å². The van der Waals surface area contributed by atoms with Crippen molar-refractivity contribution in [3.05, 3.63) is 36.2 Å². The lowest BCUT2D eigenvalue weighted by Gasteiger charge is -2.19. The minimum Gasteiger partial charge on any atom is -0.322 e. The number of amides is 4. The molecule has 1 atom stereocenters. The smallest absolute Gasteiger partial charge is 0.322 e. The molecule has 2 aliphatic rings. The molecule has 1 aromatic heterocycles. The second kappa shape index (κ2) is 7.51. The molecule has 29 heavy (non-hydrogen) atoms. The number of hydrogen-bond donors (Lipinski definition) is 2. The summed E-state index contributed by atoms with van der Waals surface area (Å²) in [7, 11) is 0. The Morgan fingerprint density at radius 3 is 2.66 bits per heavy atom. The number of carbonyl (C=O) groups excluding carboxylic acids is 3. The van der Waals surface area contributed by atoms with Gasteiger partial charge in [-0.2, -0.15) is 5.01 Å². The van der Waals surface area contributed by atoms with Gasteiger partial charge >= 0.3 is 6.03 Å². The van der Waals surface area contributed by atoms with Crippen molar-refractivity contribution in [1.29, 1.82) is 0 Å². The van der Waals surface area contributed by atoms with Crippen molar-refractivity contribution in [2.24, 2.45) is 0 Å². The third kappa shape index (κ3) is 3.84. The molecule has 2 aromatic rings. The fourth-order valence-electron chi connectivity index (χ4n) is 3.04. The molecule has 152 valence electrons. The SMILES string of the molecule is CC[C@@]1(C)NC(=O)N(NC(=O)CSc2nc(C3CC3)n(-c3ccccc3)n2)C1=O. The van der Waals surface area contributed by atoms with Gasteiger partial charge in [-0.25, -0.2) is 14.5 Å². The molecule has 9 nitrogen and oxygen atoms in total. The van der Waals surface area contributed by atoms with Gasteiger partial charge in [0.25, 0.3) is 5.91 Å². The van der Waals surface area contributed by atoms with Gasteiger partial charge in [-0.3, -0.25) is 15.0 Å². The van der Waals surface area contributed by atoms with Gasteiger partial charge in [-0.05, 0) is 38.3 Å². The summed E-state index contributed by atoms with van der Waals surface area (Å²) in [5, 5.41) is 8.37. The van der Waals surface area contributed by atoms with E-state index in [2.05, 4.69) is 20.8 Å². The minimum atomic E-state index is -0.993. The summed E-state index contributed by atoms with van der Waals surface area (Å²) in [6, 6.07) is 9.12. The average Bonchev–Trinajstić information content (AvgIpc) is 3.45. The van der Waals surface area contributed by atoms with E-state index in [1.807, 2.05) is 35.0 Å². The highest BCUT2D eigenvalue weighted by Crippen LogP contribution is 2.40. The molecule has 1 saturated carbocycles. The summed E-state index contributed by atoms with van der Waals surface area (Å²) in [5.74, 6) is 0.340. The zero-order valence-electron chi connectivity index (χ0n) is 16.2. The van der Waals surface area contributed by atoms with Crippen molar-refractivity contribution in [3.8, 4) is 5.69 Å². The first-order valence-electron chi connectivity index (χ1n) is 9.52. The zero-order valence-corrected chi connectivity index (χ0v) is 17.0. The van der Waals surface area contributed by atoms with Crippen LogP contribution in [0.5, 0.6) is 0 Å². The predicted molar refractivity (Wildman–Crippen MR) is 106 cm³/mol. The molecule has 0 bridgehead atoms. The number of aromatic nitrogens is 3. The summed E-state index contributed by atoms with van der Waals surface area (Å²) >= 11 is 1.17. The molecule has 4 rings (SSSR count). The molecular weight excluding hydrogens is 392 g/mol. The third-order valence-corrected chi connectivity index (χ3v) is 5.93. The van der Waals surface area contributed by atoms with E-state index in [9.17, 15) is 14.4 Å². The first kappa shape index (κ1) is 19.4. The number of urea groups is 1. The number of hydrazine groups is 1. The van der Waals surface area contributed by atoms with Crippen molar-refractivity contribution in [1.82, 2.24) is 30.5 Å². The molecule has 1 aliphatic carbocycles. The first-order chi connectivity index (χ1) is 13.9. The molecule has 10 heteroatoms. The Morgan fingerprint density at radius 1 is 1.31 bits per heavy atom. The molecule has 2 N–H and O–H groups in total. The van der Waals surface area contributed by atoms with E-state index in [-0.39, 0.29) is 5.75 Å². The number of hydrogen-bond acceptors (Lipinski definition) is 6. The molecule has 2 fully saturated rings. The minimum absolute atomic E-state index is 0.0111. The second-order valence-electron chi connectivity index (χ2n) is 7.35. The largest absolute Gasteiger partial charge is 0.344 e. The van der Waals surface area contributed by atoms with Crippen LogP contribution in [0.25, 0.3) is 5.69 Å². The van der Waals surface area contributed by atoms with Crippen LogP contribution < -0.4 is 10.7 Å². The lowest BCUT2D eigenvalue weighted by Crippen LogP contribution is -2.49. The summed E-state index contributed by atoms with van der Waals surface area (Å²) in [4.78, 5) is 41.3. The van der Waals surface area contributed by atoms with Gasteiger partial charge in [0.05, 0.1) is 11.4 Å². The molecule has 0 unspecified atom stereocenters. The molecule has 2 heterocycles. The maximum atomic E-state index is 12.4. The molecule has 4 amide bonds. The van der Waals surface area contributed by atoms with E-state index in [1.54, 1.807) is 13.8 Å². The van der Waals surface area contributed by atoms with Crippen LogP contribution in [0.3, 0.4) is 0 Å². The fraction of sp³-hybridized carbons (Fsp3) is 0.421. The van der Waals surface area contributed by atoms with Gasteiger partial charge in [-0.15, -0.1) is 5.10 Å². The van der Waals surface area contributed by atoms with Gasteiger partial charge in [-0.1, -0.05) is 36.9 Å². The first-order valence-corrected chi connectivity index (χ1v) is 10.5. The lowest BCUT2D eigenvalue weighted by molar-refractivity contribution is -0.137. The number of nitrogens with one attached hydrogen (secondary N) is 2. The van der Waals surface area contributed by atoms with Gasteiger partial charge in [0, 0.05) is 5.92 Å². The number of para-hydroxylation sites is 1. The van der Waals surface area contributed by atoms with Crippen LogP contribution in [0.2, 0.25) is 0 Å². The highest BCUT2D eigenvalue weighted by atomic mass is 32.2. The molecular formula is C19H22N6O3S. The molecule has 0 radical (unpaired) electrons. The van der Waals surface area contributed by atoms with E-state index in [1.165, 1.54) is 11.8 Å². The van der Waals surface area contributed by atoms with Crippen LogP contribution in [0.1, 0.15) is 44.9 Å². The Balaban J connectivity index is 1.41. The second-order valence-corrected chi connectivity index (χ2v) is 8.30. The Morgan fingerprint density at radius 2 is 2.03 bits per heavy atom. The van der Waals surface area contributed by atoms with E-state index in [0.29, 0.717) is 17.5 Å². The van der Waals surface area contributed by atoms with Crippen LogP contribution in [0, 0.1) is 0 Å².